The van der Waals surface area contributed by atoms with Gasteiger partial charge in [-0.25, -0.2) is 4.79 Å². The van der Waals surface area contributed by atoms with Crippen molar-refractivity contribution in [2.24, 2.45) is 0 Å². The topological polar surface area (TPSA) is 54.0 Å². The molecule has 2 amide bonds. The maximum atomic E-state index is 12.9. The van der Waals surface area contributed by atoms with Gasteiger partial charge in [-0.05, 0) is 54.1 Å². The van der Waals surface area contributed by atoms with Crippen LogP contribution in [0.1, 0.15) is 16.7 Å². The van der Waals surface area contributed by atoms with Crippen molar-refractivity contribution >= 4 is 28.7 Å². The molecule has 0 unspecified atom stereocenters. The summed E-state index contributed by atoms with van der Waals surface area (Å²) >= 11 is 0. The predicted molar refractivity (Wildman–Crippen MR) is 99.4 cm³/mol. The van der Waals surface area contributed by atoms with Crippen LogP contribution in [0.5, 0.6) is 0 Å². The molecule has 3 aromatic rings. The van der Waals surface area contributed by atoms with Gasteiger partial charge >= 0.3 is 18.4 Å². The van der Waals surface area contributed by atoms with Gasteiger partial charge in [-0.2, -0.15) is 26.3 Å². The Labute approximate surface area is 166 Å². The van der Waals surface area contributed by atoms with Crippen LogP contribution in [0.2, 0.25) is 0 Å². The number of hydrogen-bond donors (Lipinski definition) is 2. The third-order valence-electron chi connectivity index (χ3n) is 3.96. The summed E-state index contributed by atoms with van der Waals surface area (Å²) < 4.78 is 77.2. The molecular weight excluding hydrogens is 412 g/mol. The molecule has 0 saturated heterocycles. The van der Waals surface area contributed by atoms with Gasteiger partial charge in [-0.1, -0.05) is 6.07 Å². The summed E-state index contributed by atoms with van der Waals surface area (Å²) in [5, 5.41) is 5.51. The molecule has 30 heavy (non-hydrogen) atoms. The van der Waals surface area contributed by atoms with Crippen molar-refractivity contribution in [2.45, 2.75) is 12.4 Å². The molecule has 3 rings (SSSR count). The number of fused-ring (bicyclic) bond motifs is 1. The van der Waals surface area contributed by atoms with Crippen LogP contribution in [-0.2, 0) is 12.4 Å². The molecule has 0 atom stereocenters. The van der Waals surface area contributed by atoms with Crippen LogP contribution in [0, 0.1) is 0 Å². The SMILES string of the molecule is O=C(N/C=C/c1cc(C(F)(F)F)cc(C(F)(F)F)c1)Nc1ccc2ncccc2c1. The van der Waals surface area contributed by atoms with Crippen LogP contribution in [-0.4, -0.2) is 11.0 Å². The number of halogens is 6. The number of anilines is 1. The van der Waals surface area contributed by atoms with Gasteiger partial charge < -0.3 is 10.6 Å². The van der Waals surface area contributed by atoms with Crippen LogP contribution < -0.4 is 10.6 Å². The highest BCUT2D eigenvalue weighted by molar-refractivity contribution is 5.93. The first kappa shape index (κ1) is 21.2. The summed E-state index contributed by atoms with van der Waals surface area (Å²) in [6.45, 7) is 0. The minimum absolute atomic E-state index is 0.0338. The quantitative estimate of drug-likeness (QED) is 0.501. The normalized spacial score (nSPS) is 12.3. The third-order valence-corrected chi connectivity index (χ3v) is 3.96. The maximum Gasteiger partial charge on any atom is 0.416 e. The molecule has 0 bridgehead atoms. The molecule has 1 aromatic heterocycles. The zero-order valence-corrected chi connectivity index (χ0v) is 15.0. The highest BCUT2D eigenvalue weighted by Crippen LogP contribution is 2.36. The van der Waals surface area contributed by atoms with Gasteiger partial charge in [0.1, 0.15) is 0 Å². The molecule has 0 radical (unpaired) electrons. The predicted octanol–water partition coefficient (Wildman–Crippen LogP) is 6.06. The number of nitrogens with zero attached hydrogens (tertiary/aromatic N) is 1. The van der Waals surface area contributed by atoms with Gasteiger partial charge in [0.25, 0.3) is 0 Å². The van der Waals surface area contributed by atoms with Crippen LogP contribution in [0.3, 0.4) is 0 Å². The van der Waals surface area contributed by atoms with Crippen molar-refractivity contribution in [3.63, 3.8) is 0 Å². The second-order valence-electron chi connectivity index (χ2n) is 6.18. The van der Waals surface area contributed by atoms with E-state index in [1.807, 2.05) is 0 Å². The molecule has 0 aliphatic rings. The van der Waals surface area contributed by atoms with E-state index in [1.54, 1.807) is 36.5 Å². The van der Waals surface area contributed by atoms with E-state index in [1.165, 1.54) is 0 Å². The Bertz CT molecular complexity index is 1070. The molecule has 2 N–H and O–H groups in total. The zero-order valence-electron chi connectivity index (χ0n) is 15.0. The van der Waals surface area contributed by atoms with E-state index in [9.17, 15) is 31.1 Å². The number of hydrogen-bond acceptors (Lipinski definition) is 2. The molecule has 156 valence electrons. The van der Waals surface area contributed by atoms with Gasteiger partial charge in [-0.15, -0.1) is 0 Å². The minimum atomic E-state index is -4.94. The van der Waals surface area contributed by atoms with Crippen molar-refractivity contribution < 1.29 is 31.1 Å². The second kappa shape index (κ2) is 8.05. The van der Waals surface area contributed by atoms with Gasteiger partial charge in [0.05, 0.1) is 16.6 Å². The maximum absolute atomic E-state index is 12.9. The Kier molecular flexibility index (Phi) is 5.68. The number of carbonyl (C=O) groups excluding carboxylic acids is 1. The first-order valence-electron chi connectivity index (χ1n) is 8.41. The van der Waals surface area contributed by atoms with Crippen LogP contribution in [0.4, 0.5) is 36.8 Å². The molecule has 0 aliphatic heterocycles. The van der Waals surface area contributed by atoms with Gasteiger partial charge in [0, 0.05) is 23.5 Å². The number of alkyl halides is 6. The lowest BCUT2D eigenvalue weighted by molar-refractivity contribution is -0.143. The number of rotatable bonds is 3. The van der Waals surface area contributed by atoms with Gasteiger partial charge in [0.15, 0.2) is 0 Å². The standard InChI is InChI=1S/C20H13F6N3O/c21-19(22,23)14-8-12(9-15(11-14)20(24,25)26)5-7-28-18(30)29-16-3-4-17-13(10-16)2-1-6-27-17/h1-11H,(H2,28,29,30)/b7-5+. The van der Waals surface area contributed by atoms with E-state index in [4.69, 9.17) is 0 Å². The highest BCUT2D eigenvalue weighted by Gasteiger charge is 2.36. The van der Waals surface area contributed by atoms with E-state index in [2.05, 4.69) is 15.6 Å². The lowest BCUT2D eigenvalue weighted by Gasteiger charge is -2.13. The van der Waals surface area contributed by atoms with Crippen LogP contribution in [0.15, 0.2) is 60.9 Å². The first-order valence-corrected chi connectivity index (χ1v) is 8.41. The smallest absolute Gasteiger partial charge is 0.314 e. The summed E-state index contributed by atoms with van der Waals surface area (Å²) in [5.41, 5.74) is -2.10. The number of benzene rings is 2. The van der Waals surface area contributed by atoms with Crippen LogP contribution >= 0.6 is 0 Å². The van der Waals surface area contributed by atoms with E-state index in [-0.39, 0.29) is 11.6 Å². The molecule has 0 spiro atoms. The number of carbonyl (C=O) groups is 1. The van der Waals surface area contributed by atoms with E-state index < -0.39 is 29.5 Å². The summed E-state index contributed by atoms with van der Waals surface area (Å²) in [6.07, 6.45) is -6.38. The summed E-state index contributed by atoms with van der Waals surface area (Å²) in [7, 11) is 0. The average Bonchev–Trinajstić information content (AvgIpc) is 2.66. The first-order chi connectivity index (χ1) is 14.0. The van der Waals surface area contributed by atoms with Crippen molar-refractivity contribution in [2.75, 3.05) is 5.32 Å². The second-order valence-corrected chi connectivity index (χ2v) is 6.18. The molecule has 0 aliphatic carbocycles. The van der Waals surface area contributed by atoms with Gasteiger partial charge in [-0.3, -0.25) is 4.98 Å². The van der Waals surface area contributed by atoms with Crippen LogP contribution in [0.25, 0.3) is 17.0 Å². The fourth-order valence-electron chi connectivity index (χ4n) is 2.61. The number of aromatic nitrogens is 1. The number of nitrogens with one attached hydrogen (secondary N) is 2. The Balaban J connectivity index is 1.72. The Hall–Kier alpha value is -3.56. The summed E-state index contributed by atoms with van der Waals surface area (Å²) in [4.78, 5) is 16.1. The van der Waals surface area contributed by atoms with E-state index >= 15 is 0 Å². The van der Waals surface area contributed by atoms with Gasteiger partial charge in [0.2, 0.25) is 0 Å². The lowest BCUT2D eigenvalue weighted by atomic mass is 10.0. The molecule has 2 aromatic carbocycles. The fourth-order valence-corrected chi connectivity index (χ4v) is 2.61. The minimum Gasteiger partial charge on any atom is -0.314 e. The largest absolute Gasteiger partial charge is 0.416 e. The number of amides is 2. The number of urea groups is 1. The molecule has 0 saturated carbocycles. The number of pyridine rings is 1. The Morgan fingerprint density at radius 1 is 0.900 bits per heavy atom. The molecule has 0 fully saturated rings. The van der Waals surface area contributed by atoms with E-state index in [0.29, 0.717) is 23.3 Å². The molecular formula is C20H13F6N3O. The van der Waals surface area contributed by atoms with Crippen molar-refractivity contribution in [3.05, 3.63) is 77.6 Å². The van der Waals surface area contributed by atoms with Crippen molar-refractivity contribution in [1.82, 2.24) is 10.3 Å². The van der Waals surface area contributed by atoms with Crippen molar-refractivity contribution in [1.29, 1.82) is 0 Å². The molecule has 10 heteroatoms. The highest BCUT2D eigenvalue weighted by atomic mass is 19.4. The molecule has 1 heterocycles. The zero-order chi connectivity index (χ0) is 21.9. The van der Waals surface area contributed by atoms with Crippen molar-refractivity contribution in [3.8, 4) is 0 Å². The Morgan fingerprint density at radius 2 is 1.57 bits per heavy atom. The molecule has 4 nitrogen and oxygen atoms in total. The average molecular weight is 425 g/mol. The fraction of sp³-hybridized carbons (Fsp3) is 0.100. The third kappa shape index (κ3) is 5.28. The van der Waals surface area contributed by atoms with E-state index in [0.717, 1.165) is 17.7 Å². The lowest BCUT2D eigenvalue weighted by Crippen LogP contribution is -2.23. The summed E-state index contributed by atoms with van der Waals surface area (Å²) in [5.74, 6) is 0. The summed E-state index contributed by atoms with van der Waals surface area (Å²) in [6, 6.07) is 8.88. The Morgan fingerprint density at radius 3 is 2.20 bits per heavy atom. The monoisotopic (exact) mass is 425 g/mol.